The molecule has 5 rings (SSSR count). The SMILES string of the molecule is COc1cc2c(Cc3cnc4ccccc4c3)cnc(C3CC3)c2cc1OC. The molecule has 1 aliphatic carbocycles. The van der Waals surface area contributed by atoms with E-state index in [-0.39, 0.29) is 0 Å². The van der Waals surface area contributed by atoms with Gasteiger partial charge in [-0.15, -0.1) is 0 Å². The number of hydrogen-bond donors (Lipinski definition) is 0. The summed E-state index contributed by atoms with van der Waals surface area (Å²) in [6, 6.07) is 14.6. The van der Waals surface area contributed by atoms with Crippen molar-refractivity contribution >= 4 is 21.7 Å². The van der Waals surface area contributed by atoms with Gasteiger partial charge in [-0.2, -0.15) is 0 Å². The third-order valence-corrected chi connectivity index (χ3v) is 5.51. The van der Waals surface area contributed by atoms with Crippen molar-refractivity contribution in [1.82, 2.24) is 9.97 Å². The van der Waals surface area contributed by atoms with E-state index in [4.69, 9.17) is 14.5 Å². The molecule has 0 bridgehead atoms. The zero-order chi connectivity index (χ0) is 19.1. The number of benzene rings is 2. The van der Waals surface area contributed by atoms with Crippen molar-refractivity contribution in [3.8, 4) is 11.5 Å². The number of para-hydroxylation sites is 1. The fourth-order valence-corrected chi connectivity index (χ4v) is 3.90. The molecule has 2 aromatic carbocycles. The van der Waals surface area contributed by atoms with Gasteiger partial charge in [0.25, 0.3) is 0 Å². The summed E-state index contributed by atoms with van der Waals surface area (Å²) in [5, 5.41) is 3.51. The maximum atomic E-state index is 5.57. The van der Waals surface area contributed by atoms with Crippen LogP contribution in [0, 0.1) is 0 Å². The van der Waals surface area contributed by atoms with Crippen LogP contribution in [0.3, 0.4) is 0 Å². The van der Waals surface area contributed by atoms with E-state index in [1.54, 1.807) is 14.2 Å². The Labute approximate surface area is 164 Å². The van der Waals surface area contributed by atoms with Crippen LogP contribution in [0.4, 0.5) is 0 Å². The van der Waals surface area contributed by atoms with Crippen molar-refractivity contribution < 1.29 is 9.47 Å². The van der Waals surface area contributed by atoms with E-state index in [1.165, 1.54) is 40.4 Å². The predicted molar refractivity (Wildman–Crippen MR) is 111 cm³/mol. The first-order valence-corrected chi connectivity index (χ1v) is 9.64. The first-order chi connectivity index (χ1) is 13.8. The molecular formula is C24H22N2O2. The number of methoxy groups -OCH3 is 2. The van der Waals surface area contributed by atoms with Gasteiger partial charge in [0.2, 0.25) is 0 Å². The van der Waals surface area contributed by atoms with Crippen molar-refractivity contribution in [2.75, 3.05) is 14.2 Å². The van der Waals surface area contributed by atoms with Crippen molar-refractivity contribution in [2.45, 2.75) is 25.2 Å². The molecule has 0 N–H and O–H groups in total. The number of aromatic nitrogens is 2. The molecule has 2 aromatic heterocycles. The summed E-state index contributed by atoms with van der Waals surface area (Å²) >= 11 is 0. The number of rotatable bonds is 5. The molecule has 0 atom stereocenters. The second-order valence-electron chi connectivity index (χ2n) is 7.41. The van der Waals surface area contributed by atoms with E-state index >= 15 is 0 Å². The standard InChI is InChI=1S/C24H22N2O2/c1-27-22-11-19-18(10-15-9-17-5-3-4-6-21(17)25-13-15)14-26-24(16-7-8-16)20(19)12-23(22)28-2/h3-6,9,11-14,16H,7-8,10H2,1-2H3. The smallest absolute Gasteiger partial charge is 0.161 e. The normalized spacial score (nSPS) is 13.8. The first kappa shape index (κ1) is 17.0. The molecule has 0 unspecified atom stereocenters. The average molecular weight is 370 g/mol. The minimum absolute atomic E-state index is 0.567. The summed E-state index contributed by atoms with van der Waals surface area (Å²) in [7, 11) is 3.36. The summed E-state index contributed by atoms with van der Waals surface area (Å²) in [5.74, 6) is 2.07. The van der Waals surface area contributed by atoms with Gasteiger partial charge in [-0.05, 0) is 53.6 Å². The molecular weight excluding hydrogens is 348 g/mol. The van der Waals surface area contributed by atoms with E-state index in [2.05, 4.69) is 29.2 Å². The van der Waals surface area contributed by atoms with Gasteiger partial charge >= 0.3 is 0 Å². The Morgan fingerprint density at radius 3 is 2.39 bits per heavy atom. The minimum atomic E-state index is 0.567. The second kappa shape index (κ2) is 6.79. The molecule has 1 fully saturated rings. The molecule has 1 aliphatic rings. The highest BCUT2D eigenvalue weighted by Gasteiger charge is 2.28. The number of pyridine rings is 2. The lowest BCUT2D eigenvalue weighted by molar-refractivity contribution is 0.356. The van der Waals surface area contributed by atoms with Crippen molar-refractivity contribution in [3.63, 3.8) is 0 Å². The highest BCUT2D eigenvalue weighted by molar-refractivity contribution is 5.91. The van der Waals surface area contributed by atoms with Crippen LogP contribution in [0.15, 0.2) is 54.9 Å². The third kappa shape index (κ3) is 2.95. The molecule has 28 heavy (non-hydrogen) atoms. The lowest BCUT2D eigenvalue weighted by Gasteiger charge is -2.14. The van der Waals surface area contributed by atoms with E-state index in [1.807, 2.05) is 30.6 Å². The van der Waals surface area contributed by atoms with Gasteiger partial charge in [0.1, 0.15) is 0 Å². The van der Waals surface area contributed by atoms with Gasteiger partial charge in [-0.25, -0.2) is 0 Å². The minimum Gasteiger partial charge on any atom is -0.493 e. The second-order valence-corrected chi connectivity index (χ2v) is 7.41. The Morgan fingerprint density at radius 1 is 0.893 bits per heavy atom. The number of nitrogens with zero attached hydrogens (tertiary/aromatic N) is 2. The Kier molecular flexibility index (Phi) is 4.12. The molecule has 0 radical (unpaired) electrons. The maximum Gasteiger partial charge on any atom is 0.161 e. The summed E-state index contributed by atoms with van der Waals surface area (Å²) in [6.45, 7) is 0. The third-order valence-electron chi connectivity index (χ3n) is 5.51. The molecule has 140 valence electrons. The molecule has 0 spiro atoms. The van der Waals surface area contributed by atoms with Crippen molar-refractivity contribution in [2.24, 2.45) is 0 Å². The van der Waals surface area contributed by atoms with Crippen LogP contribution in [0.25, 0.3) is 21.7 Å². The van der Waals surface area contributed by atoms with Gasteiger partial charge in [-0.1, -0.05) is 18.2 Å². The number of fused-ring (bicyclic) bond motifs is 2. The lowest BCUT2D eigenvalue weighted by atomic mass is 9.97. The van der Waals surface area contributed by atoms with Crippen LogP contribution in [0.5, 0.6) is 11.5 Å². The predicted octanol–water partition coefficient (Wildman–Crippen LogP) is 5.27. The van der Waals surface area contributed by atoms with E-state index in [0.717, 1.165) is 28.8 Å². The van der Waals surface area contributed by atoms with E-state index in [0.29, 0.717) is 5.92 Å². The Bertz CT molecular complexity index is 1180. The molecule has 4 heteroatoms. The molecule has 0 amide bonds. The zero-order valence-electron chi connectivity index (χ0n) is 16.1. The molecule has 1 saturated carbocycles. The summed E-state index contributed by atoms with van der Waals surface area (Å²) in [6.07, 6.45) is 7.19. The quantitative estimate of drug-likeness (QED) is 0.480. The fourth-order valence-electron chi connectivity index (χ4n) is 3.90. The van der Waals surface area contributed by atoms with Crippen LogP contribution in [0.2, 0.25) is 0 Å². The topological polar surface area (TPSA) is 44.2 Å². The Morgan fingerprint density at radius 2 is 1.64 bits per heavy atom. The van der Waals surface area contributed by atoms with Crippen molar-refractivity contribution in [1.29, 1.82) is 0 Å². The highest BCUT2D eigenvalue weighted by Crippen LogP contribution is 2.44. The van der Waals surface area contributed by atoms with Crippen LogP contribution in [0.1, 0.15) is 35.6 Å². The monoisotopic (exact) mass is 370 g/mol. The Balaban J connectivity index is 1.64. The van der Waals surface area contributed by atoms with Gasteiger partial charge < -0.3 is 9.47 Å². The Hall–Kier alpha value is -3.14. The highest BCUT2D eigenvalue weighted by atomic mass is 16.5. The van der Waals surface area contributed by atoms with Gasteiger partial charge in [0, 0.05) is 35.5 Å². The first-order valence-electron chi connectivity index (χ1n) is 9.64. The van der Waals surface area contributed by atoms with Gasteiger partial charge in [0.15, 0.2) is 11.5 Å². The molecule has 2 heterocycles. The maximum absolute atomic E-state index is 5.57. The van der Waals surface area contributed by atoms with Gasteiger partial charge in [-0.3, -0.25) is 9.97 Å². The van der Waals surface area contributed by atoms with Crippen LogP contribution in [-0.4, -0.2) is 24.2 Å². The summed E-state index contributed by atoms with van der Waals surface area (Å²) in [4.78, 5) is 9.45. The largest absolute Gasteiger partial charge is 0.493 e. The summed E-state index contributed by atoms with van der Waals surface area (Å²) in [5.41, 5.74) is 4.55. The summed E-state index contributed by atoms with van der Waals surface area (Å²) < 4.78 is 11.1. The van der Waals surface area contributed by atoms with Crippen LogP contribution in [-0.2, 0) is 6.42 Å². The van der Waals surface area contributed by atoms with E-state index < -0.39 is 0 Å². The average Bonchev–Trinajstić information content (AvgIpc) is 3.58. The number of ether oxygens (including phenoxy) is 2. The van der Waals surface area contributed by atoms with E-state index in [9.17, 15) is 0 Å². The van der Waals surface area contributed by atoms with Crippen LogP contribution < -0.4 is 9.47 Å². The van der Waals surface area contributed by atoms with Crippen molar-refractivity contribution in [3.05, 3.63) is 71.7 Å². The molecule has 4 nitrogen and oxygen atoms in total. The van der Waals surface area contributed by atoms with Gasteiger partial charge in [0.05, 0.1) is 25.4 Å². The molecule has 4 aromatic rings. The lowest BCUT2D eigenvalue weighted by Crippen LogP contribution is -1.99. The fraction of sp³-hybridized carbons (Fsp3) is 0.250. The number of hydrogen-bond acceptors (Lipinski definition) is 4. The zero-order valence-corrected chi connectivity index (χ0v) is 16.1. The molecule has 0 saturated heterocycles. The van der Waals surface area contributed by atoms with Crippen LogP contribution >= 0.6 is 0 Å². The molecule has 0 aliphatic heterocycles.